The molecule has 2 aliphatic heterocycles. The number of nitrogens with one attached hydrogen (secondary N) is 2. The van der Waals surface area contributed by atoms with E-state index >= 15 is 0 Å². The first-order valence-corrected chi connectivity index (χ1v) is 9.14. The predicted molar refractivity (Wildman–Crippen MR) is 93.4 cm³/mol. The van der Waals surface area contributed by atoms with E-state index in [1.165, 1.54) is 0 Å². The van der Waals surface area contributed by atoms with E-state index in [1.807, 2.05) is 0 Å². The highest BCUT2D eigenvalue weighted by atomic mass is 35.5. The maximum Gasteiger partial charge on any atom is 0.256 e. The van der Waals surface area contributed by atoms with E-state index in [0.29, 0.717) is 29.2 Å². The molecule has 0 unspecified atom stereocenters. The number of carbonyl (C=O) groups excluding carboxylic acids is 3. The normalized spacial score (nSPS) is 26.0. The highest BCUT2D eigenvalue weighted by Crippen LogP contribution is 2.31. The summed E-state index contributed by atoms with van der Waals surface area (Å²) in [6, 6.07) is 3.83. The molecule has 1 saturated carbocycles. The van der Waals surface area contributed by atoms with Crippen molar-refractivity contribution in [1.29, 1.82) is 0 Å². The van der Waals surface area contributed by atoms with E-state index in [4.69, 9.17) is 11.6 Å². The van der Waals surface area contributed by atoms with Gasteiger partial charge >= 0.3 is 0 Å². The summed E-state index contributed by atoms with van der Waals surface area (Å²) in [6.07, 6.45) is 4.55. The predicted octanol–water partition coefficient (Wildman–Crippen LogP) is 2.18. The molecule has 2 fully saturated rings. The lowest BCUT2D eigenvalue weighted by Gasteiger charge is -2.25. The molecule has 6 nitrogen and oxygen atoms in total. The minimum Gasteiger partial charge on any atom is -0.350 e. The molecule has 2 atom stereocenters. The van der Waals surface area contributed by atoms with Crippen LogP contribution in [0.15, 0.2) is 18.2 Å². The second-order valence-corrected chi connectivity index (χ2v) is 7.44. The van der Waals surface area contributed by atoms with E-state index in [9.17, 15) is 14.4 Å². The highest BCUT2D eigenvalue weighted by molar-refractivity contribution is 6.31. The summed E-state index contributed by atoms with van der Waals surface area (Å²) >= 11 is 5.98. The van der Waals surface area contributed by atoms with Crippen molar-refractivity contribution in [3.8, 4) is 0 Å². The second kappa shape index (κ2) is 6.33. The molecule has 0 spiro atoms. The summed E-state index contributed by atoms with van der Waals surface area (Å²) < 4.78 is 0. The average Bonchev–Trinajstić information content (AvgIpc) is 3.22. The molecule has 0 aromatic heterocycles. The van der Waals surface area contributed by atoms with Crippen LogP contribution in [0.4, 0.5) is 5.69 Å². The van der Waals surface area contributed by atoms with Gasteiger partial charge in [0.25, 0.3) is 5.91 Å². The monoisotopic (exact) mass is 361 g/mol. The van der Waals surface area contributed by atoms with Crippen molar-refractivity contribution in [2.45, 2.75) is 44.2 Å². The van der Waals surface area contributed by atoms with E-state index in [1.54, 1.807) is 23.1 Å². The Morgan fingerprint density at radius 3 is 2.72 bits per heavy atom. The van der Waals surface area contributed by atoms with Crippen LogP contribution in [-0.2, 0) is 9.59 Å². The molecule has 3 amide bonds. The molecule has 1 aliphatic carbocycles. The molecule has 1 aromatic carbocycles. The van der Waals surface area contributed by atoms with E-state index in [0.717, 1.165) is 25.7 Å². The first-order chi connectivity index (χ1) is 12.0. The van der Waals surface area contributed by atoms with Gasteiger partial charge in [-0.15, -0.1) is 0 Å². The van der Waals surface area contributed by atoms with Crippen LogP contribution in [0, 0.1) is 5.92 Å². The topological polar surface area (TPSA) is 78.5 Å². The third-order valence-corrected chi connectivity index (χ3v) is 5.69. The molecule has 25 heavy (non-hydrogen) atoms. The van der Waals surface area contributed by atoms with Gasteiger partial charge in [-0.1, -0.05) is 24.4 Å². The Kier molecular flexibility index (Phi) is 4.15. The van der Waals surface area contributed by atoms with Crippen molar-refractivity contribution >= 4 is 35.0 Å². The minimum atomic E-state index is -0.677. The van der Waals surface area contributed by atoms with E-state index in [-0.39, 0.29) is 29.7 Å². The van der Waals surface area contributed by atoms with Gasteiger partial charge in [0.05, 0.1) is 17.3 Å². The average molecular weight is 362 g/mol. The van der Waals surface area contributed by atoms with Crippen LogP contribution >= 0.6 is 11.6 Å². The lowest BCUT2D eigenvalue weighted by atomic mass is 10.0. The first-order valence-electron chi connectivity index (χ1n) is 8.76. The number of amides is 3. The molecule has 1 aromatic rings. The Bertz CT molecular complexity index is 745. The molecule has 0 bridgehead atoms. The van der Waals surface area contributed by atoms with Crippen molar-refractivity contribution < 1.29 is 14.4 Å². The fourth-order valence-electron chi connectivity index (χ4n) is 4.15. The first kappa shape index (κ1) is 16.4. The van der Waals surface area contributed by atoms with Gasteiger partial charge < -0.3 is 15.5 Å². The Hall–Kier alpha value is -2.08. The summed E-state index contributed by atoms with van der Waals surface area (Å²) in [6.45, 7) is 0.453. The minimum absolute atomic E-state index is 0.00871. The lowest BCUT2D eigenvalue weighted by molar-refractivity contribution is -0.126. The van der Waals surface area contributed by atoms with Gasteiger partial charge in [0.15, 0.2) is 0 Å². The number of anilines is 1. The smallest absolute Gasteiger partial charge is 0.256 e. The van der Waals surface area contributed by atoms with Crippen molar-refractivity contribution in [3.05, 3.63) is 28.8 Å². The van der Waals surface area contributed by atoms with Crippen molar-refractivity contribution in [2.75, 3.05) is 11.9 Å². The fourth-order valence-corrected chi connectivity index (χ4v) is 4.32. The number of hydrogen-bond donors (Lipinski definition) is 2. The molecule has 2 N–H and O–H groups in total. The molecule has 0 radical (unpaired) electrons. The van der Waals surface area contributed by atoms with Gasteiger partial charge in [0, 0.05) is 17.5 Å². The number of fused-ring (bicyclic) bond motifs is 2. The van der Waals surface area contributed by atoms with Crippen LogP contribution in [0.2, 0.25) is 5.02 Å². The SMILES string of the molecule is O=C(N[C@H]1CCN2C(=O)c3ccc(Cl)cc3NC(=O)[C@@H]12)C1CCCC1. The zero-order valence-electron chi connectivity index (χ0n) is 13.8. The Balaban J connectivity index is 1.57. The Morgan fingerprint density at radius 1 is 1.20 bits per heavy atom. The van der Waals surface area contributed by atoms with E-state index < -0.39 is 6.04 Å². The third kappa shape index (κ3) is 2.88. The zero-order chi connectivity index (χ0) is 17.6. The van der Waals surface area contributed by atoms with Gasteiger partial charge in [-0.05, 0) is 37.5 Å². The quantitative estimate of drug-likeness (QED) is 0.847. The van der Waals surface area contributed by atoms with Gasteiger partial charge in [-0.2, -0.15) is 0 Å². The molecule has 4 rings (SSSR count). The Labute approximate surface area is 150 Å². The van der Waals surface area contributed by atoms with Crippen LogP contribution in [0.1, 0.15) is 42.5 Å². The standard InChI is InChI=1S/C18H20ClN3O3/c19-11-5-6-12-14(9-11)21-17(24)15-13(7-8-22(15)18(12)25)20-16(23)10-3-1-2-4-10/h5-6,9-10,13,15H,1-4,7-8H2,(H,20,23)(H,21,24)/t13-,15+/m0/s1. The van der Waals surface area contributed by atoms with Crippen LogP contribution in [0.5, 0.6) is 0 Å². The largest absolute Gasteiger partial charge is 0.350 e. The maximum atomic E-state index is 12.8. The lowest BCUT2D eigenvalue weighted by Crippen LogP contribution is -2.52. The van der Waals surface area contributed by atoms with Crippen LogP contribution in [-0.4, -0.2) is 41.2 Å². The van der Waals surface area contributed by atoms with Crippen LogP contribution in [0.3, 0.4) is 0 Å². The van der Waals surface area contributed by atoms with Gasteiger partial charge in [0.1, 0.15) is 6.04 Å². The summed E-state index contributed by atoms with van der Waals surface area (Å²) in [5, 5.41) is 6.28. The van der Waals surface area contributed by atoms with Gasteiger partial charge in [0.2, 0.25) is 11.8 Å². The summed E-state index contributed by atoms with van der Waals surface area (Å²) in [5.41, 5.74) is 0.862. The molecule has 2 heterocycles. The molecule has 1 saturated heterocycles. The highest BCUT2D eigenvalue weighted by Gasteiger charge is 2.45. The summed E-state index contributed by atoms with van der Waals surface area (Å²) in [4.78, 5) is 39.6. The summed E-state index contributed by atoms with van der Waals surface area (Å²) in [7, 11) is 0. The number of nitrogens with zero attached hydrogens (tertiary/aromatic N) is 1. The van der Waals surface area contributed by atoms with E-state index in [2.05, 4.69) is 10.6 Å². The number of hydrogen-bond acceptors (Lipinski definition) is 3. The van der Waals surface area contributed by atoms with Crippen molar-refractivity contribution in [2.24, 2.45) is 5.92 Å². The van der Waals surface area contributed by atoms with Crippen LogP contribution in [0.25, 0.3) is 0 Å². The van der Waals surface area contributed by atoms with Gasteiger partial charge in [-0.3, -0.25) is 14.4 Å². The molecule has 3 aliphatic rings. The summed E-state index contributed by atoms with van der Waals surface area (Å²) in [5.74, 6) is -0.430. The zero-order valence-corrected chi connectivity index (χ0v) is 14.5. The maximum absolute atomic E-state index is 12.8. The number of halogens is 1. The number of benzene rings is 1. The number of rotatable bonds is 2. The number of carbonyl (C=O) groups is 3. The van der Waals surface area contributed by atoms with Gasteiger partial charge in [-0.25, -0.2) is 0 Å². The van der Waals surface area contributed by atoms with Crippen molar-refractivity contribution in [1.82, 2.24) is 10.2 Å². The molecule has 7 heteroatoms. The molecular weight excluding hydrogens is 342 g/mol. The van der Waals surface area contributed by atoms with Crippen LogP contribution < -0.4 is 10.6 Å². The molecule has 132 valence electrons. The fraction of sp³-hybridized carbons (Fsp3) is 0.500. The Morgan fingerprint density at radius 2 is 1.96 bits per heavy atom. The second-order valence-electron chi connectivity index (χ2n) is 7.01. The third-order valence-electron chi connectivity index (χ3n) is 5.45. The molecular formula is C18H20ClN3O3. The van der Waals surface area contributed by atoms with Crippen molar-refractivity contribution in [3.63, 3.8) is 0 Å².